The fraction of sp³-hybridized carbons (Fsp3) is 0.0769. The molecule has 150 valence electrons. The summed E-state index contributed by atoms with van der Waals surface area (Å²) in [5.74, 6) is 0.321. The van der Waals surface area contributed by atoms with E-state index < -0.39 is 0 Å². The minimum absolute atomic E-state index is 0.107. The van der Waals surface area contributed by atoms with E-state index in [0.29, 0.717) is 11.5 Å². The third-order valence-corrected chi connectivity index (χ3v) is 4.19. The Bertz CT molecular complexity index is 970. The molecule has 0 bridgehead atoms. The normalized spacial score (nSPS) is 10.8. The maximum Gasteiger partial charge on any atom is 0.277 e. The number of rotatable bonds is 8. The number of nitrogens with zero attached hydrogens (tertiary/aromatic N) is 1. The van der Waals surface area contributed by atoms with Crippen molar-refractivity contribution in [1.29, 1.82) is 0 Å². The zero-order valence-corrected chi connectivity index (χ0v) is 16.9. The van der Waals surface area contributed by atoms with Crippen LogP contribution in [0.25, 0.3) is 12.2 Å². The van der Waals surface area contributed by atoms with E-state index in [1.165, 1.54) is 0 Å². The van der Waals surface area contributed by atoms with Gasteiger partial charge in [0, 0.05) is 0 Å². The molecule has 0 fully saturated rings. The Morgan fingerprint density at radius 1 is 0.833 bits per heavy atom. The van der Waals surface area contributed by atoms with Gasteiger partial charge in [0.15, 0.2) is 6.61 Å². The molecule has 30 heavy (non-hydrogen) atoms. The highest BCUT2D eigenvalue weighted by Gasteiger charge is 2.02. The Morgan fingerprint density at radius 2 is 1.37 bits per heavy atom. The van der Waals surface area contributed by atoms with Crippen LogP contribution in [0.4, 0.5) is 0 Å². The molecule has 0 heterocycles. The lowest BCUT2D eigenvalue weighted by Crippen LogP contribution is -2.25. The van der Waals surface area contributed by atoms with Gasteiger partial charge < -0.3 is 4.74 Å². The lowest BCUT2D eigenvalue weighted by atomic mass is 10.1. The molecule has 0 radical (unpaired) electrons. The standard InChI is InChI=1S/C26H24N2O2/c1-21-12-18-25(19-13-21)30-20-26(29)28-27-24(16-14-22-8-4-2-5-9-22)17-15-23-10-6-3-7-11-23/h2-19H,20H2,1H3,(H,28,29)/b16-14+,17-15+. The second-order valence-corrected chi connectivity index (χ2v) is 6.66. The summed E-state index contributed by atoms with van der Waals surface area (Å²) >= 11 is 0. The molecule has 1 N–H and O–H groups in total. The van der Waals surface area contributed by atoms with Gasteiger partial charge >= 0.3 is 0 Å². The number of ether oxygens (including phenoxy) is 1. The van der Waals surface area contributed by atoms with Crippen molar-refractivity contribution in [2.45, 2.75) is 6.92 Å². The van der Waals surface area contributed by atoms with Gasteiger partial charge in [0.1, 0.15) is 5.75 Å². The number of carbonyl (C=O) groups excluding carboxylic acids is 1. The number of aryl methyl sites for hydroxylation is 1. The molecule has 0 atom stereocenters. The molecule has 0 spiro atoms. The zero-order chi connectivity index (χ0) is 21.0. The smallest absolute Gasteiger partial charge is 0.277 e. The van der Waals surface area contributed by atoms with E-state index in [9.17, 15) is 4.79 Å². The van der Waals surface area contributed by atoms with E-state index in [1.807, 2.05) is 116 Å². The lowest BCUT2D eigenvalue weighted by Gasteiger charge is -2.05. The van der Waals surface area contributed by atoms with Gasteiger partial charge in [-0.3, -0.25) is 4.79 Å². The molecule has 1 amide bonds. The van der Waals surface area contributed by atoms with Crippen molar-refractivity contribution in [2.75, 3.05) is 6.61 Å². The molecule has 3 rings (SSSR count). The summed E-state index contributed by atoms with van der Waals surface area (Å²) in [4.78, 5) is 12.1. The molecule has 0 aliphatic carbocycles. The Morgan fingerprint density at radius 3 is 1.90 bits per heavy atom. The van der Waals surface area contributed by atoms with Gasteiger partial charge in [-0.15, -0.1) is 0 Å². The van der Waals surface area contributed by atoms with E-state index in [1.54, 1.807) is 0 Å². The predicted molar refractivity (Wildman–Crippen MR) is 123 cm³/mol. The molecular formula is C26H24N2O2. The minimum Gasteiger partial charge on any atom is -0.484 e. The molecular weight excluding hydrogens is 372 g/mol. The third kappa shape index (κ3) is 7.24. The first-order valence-corrected chi connectivity index (χ1v) is 9.71. The largest absolute Gasteiger partial charge is 0.484 e. The molecule has 4 nitrogen and oxygen atoms in total. The van der Waals surface area contributed by atoms with E-state index in [2.05, 4.69) is 10.5 Å². The van der Waals surface area contributed by atoms with Gasteiger partial charge in [-0.25, -0.2) is 5.43 Å². The number of amides is 1. The molecule has 0 saturated carbocycles. The number of hydrogen-bond acceptors (Lipinski definition) is 3. The van der Waals surface area contributed by atoms with Gasteiger partial charge in [-0.05, 0) is 42.3 Å². The van der Waals surface area contributed by atoms with Gasteiger partial charge in [0.05, 0.1) is 5.71 Å². The van der Waals surface area contributed by atoms with Crippen LogP contribution in [0.2, 0.25) is 0 Å². The summed E-state index contributed by atoms with van der Waals surface area (Å²) < 4.78 is 5.50. The van der Waals surface area contributed by atoms with Crippen molar-refractivity contribution < 1.29 is 9.53 Å². The quantitative estimate of drug-likeness (QED) is 0.416. The highest BCUT2D eigenvalue weighted by molar-refractivity contribution is 6.08. The lowest BCUT2D eigenvalue weighted by molar-refractivity contribution is -0.123. The van der Waals surface area contributed by atoms with Crippen LogP contribution in [-0.4, -0.2) is 18.2 Å². The van der Waals surface area contributed by atoms with Crippen LogP contribution in [0.5, 0.6) is 5.75 Å². The Kier molecular flexibility index (Phi) is 7.75. The van der Waals surface area contributed by atoms with E-state index >= 15 is 0 Å². The second kappa shape index (κ2) is 11.2. The first-order chi connectivity index (χ1) is 14.7. The highest BCUT2D eigenvalue weighted by Crippen LogP contribution is 2.11. The van der Waals surface area contributed by atoms with Crippen LogP contribution in [0.1, 0.15) is 16.7 Å². The van der Waals surface area contributed by atoms with Crippen LogP contribution in [0.15, 0.2) is 102 Å². The monoisotopic (exact) mass is 396 g/mol. The number of hydrogen-bond donors (Lipinski definition) is 1. The van der Waals surface area contributed by atoms with Crippen molar-refractivity contribution in [3.05, 3.63) is 114 Å². The Balaban J connectivity index is 1.65. The molecule has 0 unspecified atom stereocenters. The summed E-state index contributed by atoms with van der Waals surface area (Å²) in [7, 11) is 0. The number of nitrogens with one attached hydrogen (secondary N) is 1. The highest BCUT2D eigenvalue weighted by atomic mass is 16.5. The number of benzene rings is 3. The SMILES string of the molecule is Cc1ccc(OCC(=O)NN=C(/C=C/c2ccccc2)/C=C/c2ccccc2)cc1. The van der Waals surface area contributed by atoms with Crippen molar-refractivity contribution in [1.82, 2.24) is 5.43 Å². The summed E-state index contributed by atoms with van der Waals surface area (Å²) in [6.45, 7) is 1.89. The molecule has 3 aromatic rings. The molecule has 0 aliphatic rings. The summed E-state index contributed by atoms with van der Waals surface area (Å²) in [6, 6.07) is 27.4. The van der Waals surface area contributed by atoms with Crippen LogP contribution in [0, 0.1) is 6.92 Å². The predicted octanol–water partition coefficient (Wildman–Crippen LogP) is 5.27. The van der Waals surface area contributed by atoms with Crippen LogP contribution in [0.3, 0.4) is 0 Å². The average molecular weight is 396 g/mol. The van der Waals surface area contributed by atoms with Crippen molar-refractivity contribution in [3.63, 3.8) is 0 Å². The van der Waals surface area contributed by atoms with Gasteiger partial charge in [-0.1, -0.05) is 90.5 Å². The minimum atomic E-state index is -0.325. The number of allylic oxidation sites excluding steroid dienone is 2. The van der Waals surface area contributed by atoms with Crippen LogP contribution < -0.4 is 10.2 Å². The summed E-state index contributed by atoms with van der Waals surface area (Å²) in [5, 5.41) is 4.24. The van der Waals surface area contributed by atoms with Gasteiger partial charge in [-0.2, -0.15) is 5.10 Å². The van der Waals surface area contributed by atoms with E-state index in [4.69, 9.17) is 4.74 Å². The maximum atomic E-state index is 12.1. The van der Waals surface area contributed by atoms with Crippen molar-refractivity contribution in [3.8, 4) is 5.75 Å². The summed E-state index contributed by atoms with van der Waals surface area (Å²) in [6.07, 6.45) is 7.61. The van der Waals surface area contributed by atoms with Crippen LogP contribution >= 0.6 is 0 Å². The van der Waals surface area contributed by atoms with Crippen molar-refractivity contribution in [2.24, 2.45) is 5.10 Å². The molecule has 0 aromatic heterocycles. The average Bonchev–Trinajstić information content (AvgIpc) is 2.79. The molecule has 4 heteroatoms. The fourth-order valence-electron chi connectivity index (χ4n) is 2.56. The summed E-state index contributed by atoms with van der Waals surface area (Å²) in [5.41, 5.74) is 6.41. The molecule has 0 saturated heterocycles. The van der Waals surface area contributed by atoms with E-state index in [0.717, 1.165) is 16.7 Å². The maximum absolute atomic E-state index is 12.1. The molecule has 0 aliphatic heterocycles. The fourth-order valence-corrected chi connectivity index (χ4v) is 2.56. The Labute approximate surface area is 177 Å². The first-order valence-electron chi connectivity index (χ1n) is 9.71. The zero-order valence-electron chi connectivity index (χ0n) is 16.9. The number of hydrazone groups is 1. The first kappa shape index (κ1) is 20.8. The van der Waals surface area contributed by atoms with Crippen LogP contribution in [-0.2, 0) is 4.79 Å². The molecule has 3 aromatic carbocycles. The van der Waals surface area contributed by atoms with Gasteiger partial charge in [0.25, 0.3) is 5.91 Å². The second-order valence-electron chi connectivity index (χ2n) is 6.66. The Hall–Kier alpha value is -3.92. The topological polar surface area (TPSA) is 50.7 Å². The van der Waals surface area contributed by atoms with Crippen molar-refractivity contribution >= 4 is 23.8 Å². The number of carbonyl (C=O) groups is 1. The van der Waals surface area contributed by atoms with E-state index in [-0.39, 0.29) is 12.5 Å². The van der Waals surface area contributed by atoms with Gasteiger partial charge in [0.2, 0.25) is 0 Å². The third-order valence-electron chi connectivity index (χ3n) is 4.19.